The number of phenols is 6. The number of aromatic hydroxyl groups is 6. The largest absolute Gasteiger partial charge is 0.507 e. The lowest BCUT2D eigenvalue weighted by Gasteiger charge is -2.35. The predicted octanol–water partition coefficient (Wildman–Crippen LogP) is 12.0. The lowest BCUT2D eigenvalue weighted by atomic mass is 9.72. The summed E-state index contributed by atoms with van der Waals surface area (Å²) in [5.74, 6) is -9.00. The van der Waals surface area contributed by atoms with E-state index in [1.165, 1.54) is 159 Å². The standard InChI is InChI=1S/2C19H14O6.2C19H14O5.2C19H14O4/c2*1-19(25)7-8-5-6-10-14(12(8)17(23)18(19)24)16(22)9-3-2-4-11(20)13(9)15(10)21;2*1-19(24)7-9-5-6-11-16(14(9)13(21)8-19)18(23)10-3-2-4-12(20)15(10)17(11)22;2*1-9-7-10-5-6-12-17(15(10)14(21)8-9)19(23)11-3-2-4-13(20)16(11)18(12)22/h2*2-6,18,20,24-25H,7H2,1H3;2*2-6,20,24H,7-8H2,1H3;2*2-6,9,20H,7-8H2,1H3. The van der Waals surface area contributed by atoms with Gasteiger partial charge in [0.25, 0.3) is 0 Å². The number of fused-ring (bicyclic) bond motifs is 24. The van der Waals surface area contributed by atoms with Crippen LogP contribution >= 0.6 is 0 Å². The minimum Gasteiger partial charge on any atom is -0.507 e. The lowest BCUT2D eigenvalue weighted by molar-refractivity contribution is -0.0492. The van der Waals surface area contributed by atoms with Gasteiger partial charge >= 0.3 is 0 Å². The zero-order valence-corrected chi connectivity index (χ0v) is 77.4. The summed E-state index contributed by atoms with van der Waals surface area (Å²) >= 11 is 0. The Hall–Kier alpha value is -16.7. The summed E-state index contributed by atoms with van der Waals surface area (Å²) in [6.45, 7) is 9.85. The number of carbonyl (C=O) groups excluding carboxylic acids is 18. The fourth-order valence-electron chi connectivity index (χ4n) is 22.0. The Morgan fingerprint density at radius 2 is 0.382 bits per heavy atom. The second kappa shape index (κ2) is 34.6. The third-order valence-corrected chi connectivity index (χ3v) is 28.5. The molecule has 30 nitrogen and oxygen atoms in total. The first kappa shape index (κ1) is 96.1. The summed E-state index contributed by atoms with van der Waals surface area (Å²) in [7, 11) is 0. The number of aliphatic hydroxyl groups is 6. The van der Waals surface area contributed by atoms with Gasteiger partial charge in [-0.1, -0.05) is 123 Å². The third kappa shape index (κ3) is 15.3. The lowest BCUT2D eigenvalue weighted by Crippen LogP contribution is -2.50. The number of phenolic OH excluding ortho intramolecular Hbond substituents is 6. The van der Waals surface area contributed by atoms with E-state index < -0.39 is 104 Å². The van der Waals surface area contributed by atoms with Crippen molar-refractivity contribution >= 4 is 104 Å². The molecule has 0 saturated heterocycles. The molecular weight excluding hydrogens is 1850 g/mol. The van der Waals surface area contributed by atoms with Crippen LogP contribution in [0.1, 0.15) is 354 Å². The molecule has 8 atom stereocenters. The Bertz CT molecular complexity index is 7650. The van der Waals surface area contributed by atoms with E-state index >= 15 is 0 Å². The van der Waals surface area contributed by atoms with Gasteiger partial charge < -0.3 is 61.3 Å². The van der Waals surface area contributed by atoms with Crippen molar-refractivity contribution < 1.29 is 148 Å². The minimum atomic E-state index is -1.68. The Balaban J connectivity index is 0.000000109. The molecule has 0 fully saturated rings. The van der Waals surface area contributed by atoms with E-state index in [0.29, 0.717) is 46.2 Å². The van der Waals surface area contributed by atoms with Gasteiger partial charge in [-0.25, -0.2) is 0 Å². The van der Waals surface area contributed by atoms with Crippen molar-refractivity contribution in [2.24, 2.45) is 11.8 Å². The average Bonchev–Trinajstić information content (AvgIpc) is 0.724. The molecule has 8 unspecified atom stereocenters. The first-order valence-electron chi connectivity index (χ1n) is 46.0. The van der Waals surface area contributed by atoms with Crippen molar-refractivity contribution in [3.8, 4) is 34.5 Å². The van der Waals surface area contributed by atoms with Gasteiger partial charge in [0.1, 0.15) is 46.7 Å². The second-order valence-electron chi connectivity index (χ2n) is 39.3. The summed E-state index contributed by atoms with van der Waals surface area (Å²) in [6.07, 6.45) is -0.865. The molecule has 0 amide bonds. The van der Waals surface area contributed by atoms with Gasteiger partial charge in [0.15, 0.2) is 104 Å². The van der Waals surface area contributed by atoms with Crippen molar-refractivity contribution in [3.63, 3.8) is 0 Å². The van der Waals surface area contributed by atoms with Gasteiger partial charge in [-0.05, 0) is 159 Å². The van der Waals surface area contributed by atoms with E-state index in [0.717, 1.165) is 24.0 Å². The molecule has 0 aromatic heterocycles. The molecule has 12 aromatic rings. The van der Waals surface area contributed by atoms with Crippen molar-refractivity contribution in [3.05, 3.63) is 382 Å². The molecule has 30 heteroatoms. The first-order chi connectivity index (χ1) is 68.0. The normalized spacial score (nSPS) is 22.0. The summed E-state index contributed by atoms with van der Waals surface area (Å²) in [4.78, 5) is 229. The van der Waals surface area contributed by atoms with Crippen LogP contribution in [0.2, 0.25) is 0 Å². The molecule has 0 saturated carbocycles. The fraction of sp³-hybridized carbons (Fsp3) is 0.211. The van der Waals surface area contributed by atoms with E-state index in [1.54, 1.807) is 50.2 Å². The number of ketones is 18. The predicted molar refractivity (Wildman–Crippen MR) is 508 cm³/mol. The van der Waals surface area contributed by atoms with Crippen LogP contribution in [-0.2, 0) is 38.5 Å². The number of Topliss-reactive ketones (excluding diaryl/α,β-unsaturated/α-hetero) is 6. The molecule has 0 aliphatic heterocycles. The zero-order chi connectivity index (χ0) is 103. The highest BCUT2D eigenvalue weighted by molar-refractivity contribution is 6.38. The highest BCUT2D eigenvalue weighted by Crippen LogP contribution is 2.48. The van der Waals surface area contributed by atoms with Crippen LogP contribution in [0.5, 0.6) is 34.5 Å². The number of carbonyl (C=O) groups is 18. The van der Waals surface area contributed by atoms with Crippen LogP contribution < -0.4 is 0 Å². The van der Waals surface area contributed by atoms with Crippen LogP contribution in [0.25, 0.3) is 0 Å². The van der Waals surface area contributed by atoms with Crippen LogP contribution in [-0.4, -0.2) is 200 Å². The molecule has 0 radical (unpaired) electrons. The fourth-order valence-corrected chi connectivity index (χ4v) is 22.0. The molecule has 0 bridgehead atoms. The van der Waals surface area contributed by atoms with Gasteiger partial charge in [0, 0.05) is 185 Å². The molecular formula is C114H84O30. The Morgan fingerprint density at radius 1 is 0.201 bits per heavy atom. The van der Waals surface area contributed by atoms with E-state index in [9.17, 15) is 148 Å². The smallest absolute Gasteiger partial charge is 0.198 e. The van der Waals surface area contributed by atoms with Crippen molar-refractivity contribution in [2.75, 3.05) is 0 Å². The summed E-state index contributed by atoms with van der Waals surface area (Å²) in [5.41, 5.74) is 0.813. The van der Waals surface area contributed by atoms with Gasteiger partial charge in [0.05, 0.1) is 55.8 Å². The summed E-state index contributed by atoms with van der Waals surface area (Å²) in [5, 5.41) is 121. The summed E-state index contributed by atoms with van der Waals surface area (Å²) in [6, 6.07) is 44.7. The number of rotatable bonds is 0. The van der Waals surface area contributed by atoms with Crippen LogP contribution in [0, 0.1) is 11.8 Å². The zero-order valence-electron chi connectivity index (χ0n) is 77.4. The molecule has 12 aromatic carbocycles. The molecule has 24 rings (SSSR count). The van der Waals surface area contributed by atoms with E-state index in [1.807, 2.05) is 13.8 Å². The van der Waals surface area contributed by atoms with Gasteiger partial charge in [-0.2, -0.15) is 0 Å². The molecule has 12 N–H and O–H groups in total. The molecule has 720 valence electrons. The Kier molecular flexibility index (Phi) is 23.1. The topological polar surface area (TPSA) is 550 Å². The van der Waals surface area contributed by atoms with Crippen molar-refractivity contribution in [2.45, 2.75) is 140 Å². The second-order valence-corrected chi connectivity index (χ2v) is 39.3. The van der Waals surface area contributed by atoms with Crippen molar-refractivity contribution in [1.82, 2.24) is 0 Å². The van der Waals surface area contributed by atoms with Gasteiger partial charge in [0.2, 0.25) is 0 Å². The Labute approximate surface area is 816 Å². The van der Waals surface area contributed by atoms with E-state index in [4.69, 9.17) is 0 Å². The third-order valence-electron chi connectivity index (χ3n) is 28.5. The maximum atomic E-state index is 12.9. The van der Waals surface area contributed by atoms with Crippen molar-refractivity contribution in [1.29, 1.82) is 0 Å². The minimum absolute atomic E-state index is 0.0137. The van der Waals surface area contributed by atoms with Gasteiger partial charge in [-0.3, -0.25) is 86.3 Å². The maximum Gasteiger partial charge on any atom is 0.198 e. The monoisotopic (exact) mass is 1930 g/mol. The maximum absolute atomic E-state index is 12.9. The highest BCUT2D eigenvalue weighted by Gasteiger charge is 2.51. The molecule has 12 aliphatic carbocycles. The van der Waals surface area contributed by atoms with Crippen LogP contribution in [0.4, 0.5) is 0 Å². The van der Waals surface area contributed by atoms with Crippen LogP contribution in [0.3, 0.4) is 0 Å². The van der Waals surface area contributed by atoms with E-state index in [-0.39, 0.29) is 275 Å². The highest BCUT2D eigenvalue weighted by atomic mass is 16.4. The SMILES string of the molecule is CC1(O)CC(=O)c2c(ccc3c2C(=O)c2cccc(O)c2C3=O)C1.CC1(O)CC(=O)c2c(ccc3c2C(=O)c2cccc(O)c2C3=O)C1.CC1(O)Cc2ccc3c(c2C(=O)C1O)C(=O)c1cccc(O)c1C3=O.CC1(O)Cc2ccc3c(c2C(=O)C1O)C(=O)c1cccc(O)c1C3=O.CC1CC(=O)c2c(ccc3c2C(=O)c2cccc(O)c2C3=O)C1.CC1CC(=O)c2c(ccc3c2C(=O)c2cccc(O)c2C3=O)C1. The molecule has 12 aliphatic rings. The number of hydrogen-bond donors (Lipinski definition) is 12. The summed E-state index contributed by atoms with van der Waals surface area (Å²) < 4.78 is 0. The first-order valence-corrected chi connectivity index (χ1v) is 46.0. The molecule has 0 spiro atoms. The quantitative estimate of drug-likeness (QED) is 0.0671. The van der Waals surface area contributed by atoms with Crippen LogP contribution in [0.15, 0.2) is 182 Å². The number of hydrogen-bond acceptors (Lipinski definition) is 30. The molecule has 0 heterocycles. The van der Waals surface area contributed by atoms with E-state index in [2.05, 4.69) is 0 Å². The molecule has 144 heavy (non-hydrogen) atoms. The average molecular weight is 1930 g/mol. The number of aliphatic hydroxyl groups excluding tert-OH is 2. The number of benzene rings is 12. The van der Waals surface area contributed by atoms with Gasteiger partial charge in [-0.15, -0.1) is 0 Å². The Morgan fingerprint density at radius 3 is 0.604 bits per heavy atom.